The molecule has 0 aliphatic carbocycles. The van der Waals surface area contributed by atoms with Gasteiger partial charge in [0.1, 0.15) is 11.6 Å². The maximum atomic E-state index is 13.0. The van der Waals surface area contributed by atoms with E-state index in [0.717, 1.165) is 6.07 Å². The fourth-order valence-corrected chi connectivity index (χ4v) is 3.21. The minimum Gasteiger partial charge on any atom is -0.347 e. The van der Waals surface area contributed by atoms with Gasteiger partial charge in [-0.3, -0.25) is 0 Å². The quantitative estimate of drug-likeness (QED) is 0.900. The largest absolute Gasteiger partial charge is 0.347 e. The van der Waals surface area contributed by atoms with Crippen LogP contribution in [0.15, 0.2) is 35.5 Å². The number of rotatable bonds is 4. The Bertz CT molecular complexity index is 668. The number of sulfonamides is 1. The Kier molecular flexibility index (Phi) is 3.68. The Labute approximate surface area is 110 Å². The molecule has 7 heteroatoms. The first-order valence-electron chi connectivity index (χ1n) is 5.68. The molecule has 0 radical (unpaired) electrons. The first-order valence-corrected chi connectivity index (χ1v) is 7.16. The van der Waals surface area contributed by atoms with Crippen molar-refractivity contribution in [2.24, 2.45) is 0 Å². The van der Waals surface area contributed by atoms with E-state index < -0.39 is 21.9 Å². The summed E-state index contributed by atoms with van der Waals surface area (Å²) in [6, 6.07) is 3.07. The first kappa shape index (κ1) is 13.7. The molecule has 1 heterocycles. The molecule has 5 nitrogen and oxygen atoms in total. The maximum Gasteiger partial charge on any atom is 0.241 e. The third-order valence-corrected chi connectivity index (χ3v) is 4.39. The van der Waals surface area contributed by atoms with E-state index >= 15 is 0 Å². The summed E-state index contributed by atoms with van der Waals surface area (Å²) in [5.74, 6) is 0.0545. The van der Waals surface area contributed by atoms with Crippen molar-refractivity contribution >= 4 is 10.0 Å². The summed E-state index contributed by atoms with van der Waals surface area (Å²) in [5, 5.41) is 0. The van der Waals surface area contributed by atoms with Crippen molar-refractivity contribution < 1.29 is 12.8 Å². The number of aryl methyl sites for hydroxylation is 1. The Morgan fingerprint density at radius 2 is 2.16 bits per heavy atom. The third-order valence-electron chi connectivity index (χ3n) is 2.69. The molecule has 0 saturated carbocycles. The van der Waals surface area contributed by atoms with Gasteiger partial charge in [0, 0.05) is 12.4 Å². The molecule has 1 unspecified atom stereocenters. The standard InChI is InChI=1S/C12H14FN3O2S/c1-8-7-10(13)3-4-11(8)19(17,18)16-9(2)12-14-5-6-15-12/h3-7,9,16H,1-2H3,(H,14,15). The number of hydrogen-bond acceptors (Lipinski definition) is 3. The zero-order valence-electron chi connectivity index (χ0n) is 10.5. The van der Waals surface area contributed by atoms with Crippen LogP contribution in [-0.4, -0.2) is 18.4 Å². The molecule has 1 aromatic carbocycles. The molecule has 0 spiro atoms. The van der Waals surface area contributed by atoms with Crippen molar-refractivity contribution in [2.75, 3.05) is 0 Å². The van der Waals surface area contributed by atoms with E-state index in [2.05, 4.69) is 14.7 Å². The third kappa shape index (κ3) is 2.99. The van der Waals surface area contributed by atoms with Crippen LogP contribution in [0.4, 0.5) is 4.39 Å². The Morgan fingerprint density at radius 3 is 2.74 bits per heavy atom. The topological polar surface area (TPSA) is 74.8 Å². The van der Waals surface area contributed by atoms with E-state index in [4.69, 9.17) is 0 Å². The zero-order chi connectivity index (χ0) is 14.0. The lowest BCUT2D eigenvalue weighted by Crippen LogP contribution is -2.28. The van der Waals surface area contributed by atoms with Gasteiger partial charge in [-0.15, -0.1) is 0 Å². The second kappa shape index (κ2) is 5.10. The van der Waals surface area contributed by atoms with Crippen LogP contribution < -0.4 is 4.72 Å². The zero-order valence-corrected chi connectivity index (χ0v) is 11.3. The lowest BCUT2D eigenvalue weighted by Gasteiger charge is -2.13. The lowest BCUT2D eigenvalue weighted by molar-refractivity contribution is 0.560. The van der Waals surface area contributed by atoms with E-state index in [1.54, 1.807) is 26.2 Å². The predicted molar refractivity (Wildman–Crippen MR) is 68.5 cm³/mol. The van der Waals surface area contributed by atoms with Gasteiger partial charge in [-0.1, -0.05) is 0 Å². The SMILES string of the molecule is Cc1cc(F)ccc1S(=O)(=O)NC(C)c1ncc[nH]1. The first-order chi connectivity index (χ1) is 8.90. The molecule has 2 N–H and O–H groups in total. The van der Waals surface area contributed by atoms with Gasteiger partial charge in [0.15, 0.2) is 0 Å². The molecule has 2 rings (SSSR count). The fraction of sp³-hybridized carbons (Fsp3) is 0.250. The Balaban J connectivity index is 2.28. The Hall–Kier alpha value is -1.73. The van der Waals surface area contributed by atoms with E-state index in [-0.39, 0.29) is 4.90 Å². The molecule has 1 aromatic heterocycles. The molecule has 0 aliphatic heterocycles. The number of aromatic amines is 1. The van der Waals surface area contributed by atoms with Gasteiger partial charge in [-0.25, -0.2) is 22.5 Å². The van der Waals surface area contributed by atoms with Crippen molar-refractivity contribution in [3.05, 3.63) is 47.8 Å². The molecule has 19 heavy (non-hydrogen) atoms. The highest BCUT2D eigenvalue weighted by molar-refractivity contribution is 7.89. The molecular formula is C12H14FN3O2S. The summed E-state index contributed by atoms with van der Waals surface area (Å²) >= 11 is 0. The average Bonchev–Trinajstić information content (AvgIpc) is 2.80. The number of benzene rings is 1. The summed E-state index contributed by atoms with van der Waals surface area (Å²) < 4.78 is 39.9. The highest BCUT2D eigenvalue weighted by Crippen LogP contribution is 2.18. The van der Waals surface area contributed by atoms with Crippen LogP contribution in [-0.2, 0) is 10.0 Å². The van der Waals surface area contributed by atoms with Crippen molar-refractivity contribution in [2.45, 2.75) is 24.8 Å². The van der Waals surface area contributed by atoms with Crippen LogP contribution in [0.1, 0.15) is 24.4 Å². The van der Waals surface area contributed by atoms with Crippen molar-refractivity contribution in [1.29, 1.82) is 0 Å². The van der Waals surface area contributed by atoms with E-state index in [1.807, 2.05) is 0 Å². The van der Waals surface area contributed by atoms with Gasteiger partial charge < -0.3 is 4.98 Å². The van der Waals surface area contributed by atoms with Crippen LogP contribution in [0.3, 0.4) is 0 Å². The highest BCUT2D eigenvalue weighted by Gasteiger charge is 2.21. The molecule has 0 bridgehead atoms. The molecule has 0 aliphatic rings. The molecule has 102 valence electrons. The molecule has 0 saturated heterocycles. The van der Waals surface area contributed by atoms with Gasteiger partial charge in [-0.05, 0) is 37.6 Å². The minimum absolute atomic E-state index is 0.0623. The number of imidazole rings is 1. The number of nitrogens with one attached hydrogen (secondary N) is 2. The van der Waals surface area contributed by atoms with Gasteiger partial charge >= 0.3 is 0 Å². The van der Waals surface area contributed by atoms with Crippen molar-refractivity contribution in [3.63, 3.8) is 0 Å². The van der Waals surface area contributed by atoms with Crippen LogP contribution in [0.2, 0.25) is 0 Å². The summed E-state index contributed by atoms with van der Waals surface area (Å²) in [6.07, 6.45) is 3.16. The van der Waals surface area contributed by atoms with Crippen molar-refractivity contribution in [1.82, 2.24) is 14.7 Å². The summed E-state index contributed by atoms with van der Waals surface area (Å²) in [7, 11) is -3.71. The maximum absolute atomic E-state index is 13.0. The Morgan fingerprint density at radius 1 is 1.42 bits per heavy atom. The number of aromatic nitrogens is 2. The van der Waals surface area contributed by atoms with Gasteiger partial charge in [-0.2, -0.15) is 0 Å². The molecule has 2 aromatic rings. The average molecular weight is 283 g/mol. The van der Waals surface area contributed by atoms with Gasteiger partial charge in [0.25, 0.3) is 0 Å². The lowest BCUT2D eigenvalue weighted by atomic mass is 10.2. The van der Waals surface area contributed by atoms with Gasteiger partial charge in [0.2, 0.25) is 10.0 Å². The fourth-order valence-electron chi connectivity index (χ4n) is 1.78. The van der Waals surface area contributed by atoms with Crippen LogP contribution in [0.25, 0.3) is 0 Å². The smallest absolute Gasteiger partial charge is 0.241 e. The van der Waals surface area contributed by atoms with Crippen molar-refractivity contribution in [3.8, 4) is 0 Å². The second-order valence-corrected chi connectivity index (χ2v) is 5.91. The normalized spacial score (nSPS) is 13.4. The van der Waals surface area contributed by atoms with Crippen LogP contribution in [0.5, 0.6) is 0 Å². The summed E-state index contributed by atoms with van der Waals surface area (Å²) in [5.41, 5.74) is 0.360. The molecule has 0 amide bonds. The summed E-state index contributed by atoms with van der Waals surface area (Å²) in [4.78, 5) is 6.89. The molecule has 0 fully saturated rings. The molecule has 1 atom stereocenters. The number of hydrogen-bond donors (Lipinski definition) is 2. The minimum atomic E-state index is -3.71. The highest BCUT2D eigenvalue weighted by atomic mass is 32.2. The van der Waals surface area contributed by atoms with E-state index in [9.17, 15) is 12.8 Å². The van der Waals surface area contributed by atoms with Gasteiger partial charge in [0.05, 0.1) is 10.9 Å². The molecular weight excluding hydrogens is 269 g/mol. The monoisotopic (exact) mass is 283 g/mol. The van der Waals surface area contributed by atoms with E-state index in [0.29, 0.717) is 11.4 Å². The number of halogens is 1. The predicted octanol–water partition coefficient (Wildman–Crippen LogP) is 1.90. The second-order valence-electron chi connectivity index (χ2n) is 4.23. The van der Waals surface area contributed by atoms with Crippen LogP contribution in [0, 0.1) is 12.7 Å². The number of H-pyrrole nitrogens is 1. The summed E-state index contributed by atoms with van der Waals surface area (Å²) in [6.45, 7) is 3.23. The number of nitrogens with zero attached hydrogens (tertiary/aromatic N) is 1. The van der Waals surface area contributed by atoms with E-state index in [1.165, 1.54) is 12.1 Å². The van der Waals surface area contributed by atoms with Crippen LogP contribution >= 0.6 is 0 Å².